The fourth-order valence-electron chi connectivity index (χ4n) is 4.34. The number of nitrogens with zero attached hydrogens (tertiary/aromatic N) is 1. The predicted molar refractivity (Wildman–Crippen MR) is 122 cm³/mol. The first kappa shape index (κ1) is 21.8. The van der Waals surface area contributed by atoms with Gasteiger partial charge in [0.05, 0.1) is 6.10 Å². The van der Waals surface area contributed by atoms with Gasteiger partial charge in [-0.3, -0.25) is 9.69 Å². The van der Waals surface area contributed by atoms with Gasteiger partial charge in [0.15, 0.2) is 0 Å². The third kappa shape index (κ3) is 6.31. The van der Waals surface area contributed by atoms with Crippen LogP contribution in [0.5, 0.6) is 5.75 Å². The lowest BCUT2D eigenvalue weighted by molar-refractivity contribution is 0.0679. The van der Waals surface area contributed by atoms with Crippen LogP contribution in [0.1, 0.15) is 60.5 Å². The molecule has 2 saturated heterocycles. The molecule has 2 aromatic rings. The highest BCUT2D eigenvalue weighted by molar-refractivity contribution is 5.94. The second-order valence-electron chi connectivity index (χ2n) is 8.78. The molecule has 1 N–H and O–H groups in total. The van der Waals surface area contributed by atoms with Gasteiger partial charge in [0.25, 0.3) is 5.91 Å². The number of likely N-dealkylation sites (tertiary alicyclic amines) is 1. The zero-order valence-corrected chi connectivity index (χ0v) is 18.5. The Balaban J connectivity index is 1.22. The first-order valence-electron chi connectivity index (χ1n) is 11.6. The van der Waals surface area contributed by atoms with Crippen molar-refractivity contribution in [2.75, 3.05) is 19.8 Å². The van der Waals surface area contributed by atoms with Crippen LogP contribution in [0.15, 0.2) is 48.5 Å². The number of carbonyl (C=O) groups excluding carboxylic acids is 1. The quantitative estimate of drug-likeness (QED) is 0.678. The van der Waals surface area contributed by atoms with E-state index in [1.54, 1.807) is 0 Å². The molecule has 2 unspecified atom stereocenters. The first-order valence-corrected chi connectivity index (χ1v) is 11.6. The minimum absolute atomic E-state index is 0.0723. The van der Waals surface area contributed by atoms with Crippen molar-refractivity contribution in [3.05, 3.63) is 65.2 Å². The highest BCUT2D eigenvalue weighted by Crippen LogP contribution is 2.20. The standard InChI is InChI=1S/C26H34N2O3/c1-20-5-2-3-15-28(20)18-22-9-7-21(8-10-22)17-27-26(29)23-11-13-24(14-12-23)31-19-25-6-4-16-30-25/h7-14,20,25H,2-6,15-19H2,1H3,(H,27,29). The molecule has 2 aromatic carbocycles. The Morgan fingerprint density at radius 2 is 1.81 bits per heavy atom. The minimum Gasteiger partial charge on any atom is -0.491 e. The molecule has 2 atom stereocenters. The Morgan fingerprint density at radius 3 is 2.52 bits per heavy atom. The smallest absolute Gasteiger partial charge is 0.251 e. The van der Waals surface area contributed by atoms with E-state index in [-0.39, 0.29) is 12.0 Å². The molecule has 31 heavy (non-hydrogen) atoms. The summed E-state index contributed by atoms with van der Waals surface area (Å²) in [5.74, 6) is 0.697. The van der Waals surface area contributed by atoms with E-state index in [4.69, 9.17) is 9.47 Å². The minimum atomic E-state index is -0.0723. The van der Waals surface area contributed by atoms with E-state index < -0.39 is 0 Å². The maximum atomic E-state index is 12.5. The lowest BCUT2D eigenvalue weighted by atomic mass is 10.0. The number of piperidine rings is 1. The topological polar surface area (TPSA) is 50.8 Å². The fraction of sp³-hybridized carbons (Fsp3) is 0.500. The van der Waals surface area contributed by atoms with Crippen molar-refractivity contribution in [1.29, 1.82) is 0 Å². The van der Waals surface area contributed by atoms with Crippen LogP contribution in [0.3, 0.4) is 0 Å². The number of benzene rings is 2. The van der Waals surface area contributed by atoms with Crippen LogP contribution >= 0.6 is 0 Å². The van der Waals surface area contributed by atoms with E-state index in [0.29, 0.717) is 24.8 Å². The molecule has 2 aliphatic heterocycles. The molecule has 5 heteroatoms. The molecule has 0 saturated carbocycles. The van der Waals surface area contributed by atoms with Gasteiger partial charge in [-0.25, -0.2) is 0 Å². The molecule has 2 heterocycles. The Bertz CT molecular complexity index is 829. The summed E-state index contributed by atoms with van der Waals surface area (Å²) in [4.78, 5) is 15.0. The molecule has 5 nitrogen and oxygen atoms in total. The number of amides is 1. The van der Waals surface area contributed by atoms with E-state index in [9.17, 15) is 4.79 Å². The van der Waals surface area contributed by atoms with Gasteiger partial charge in [-0.2, -0.15) is 0 Å². The molecule has 0 spiro atoms. The van der Waals surface area contributed by atoms with Gasteiger partial charge in [-0.15, -0.1) is 0 Å². The Labute approximate surface area is 185 Å². The Morgan fingerprint density at radius 1 is 1.03 bits per heavy atom. The zero-order chi connectivity index (χ0) is 21.5. The number of hydrogen-bond donors (Lipinski definition) is 1. The van der Waals surface area contributed by atoms with E-state index >= 15 is 0 Å². The summed E-state index contributed by atoms with van der Waals surface area (Å²) in [6.07, 6.45) is 6.30. The van der Waals surface area contributed by atoms with Gasteiger partial charge in [0.2, 0.25) is 0 Å². The van der Waals surface area contributed by atoms with Crippen molar-refractivity contribution in [2.24, 2.45) is 0 Å². The molecule has 0 aliphatic carbocycles. The highest BCUT2D eigenvalue weighted by atomic mass is 16.5. The summed E-state index contributed by atoms with van der Waals surface area (Å²) in [6, 6.07) is 16.6. The van der Waals surface area contributed by atoms with Crippen LogP contribution in [0.4, 0.5) is 0 Å². The molecule has 0 radical (unpaired) electrons. The number of hydrogen-bond acceptors (Lipinski definition) is 4. The van der Waals surface area contributed by atoms with E-state index in [1.165, 1.54) is 31.4 Å². The van der Waals surface area contributed by atoms with Gasteiger partial charge in [0, 0.05) is 31.3 Å². The van der Waals surface area contributed by atoms with E-state index in [0.717, 1.165) is 37.3 Å². The molecule has 2 fully saturated rings. The normalized spacial score (nSPS) is 21.7. The molecule has 0 bridgehead atoms. The predicted octanol–water partition coefficient (Wildman–Crippen LogP) is 4.55. The van der Waals surface area contributed by atoms with Crippen molar-refractivity contribution < 1.29 is 14.3 Å². The second-order valence-corrected chi connectivity index (χ2v) is 8.78. The van der Waals surface area contributed by atoms with Gasteiger partial charge in [-0.05, 0) is 74.5 Å². The van der Waals surface area contributed by atoms with Crippen LogP contribution in [-0.2, 0) is 17.8 Å². The van der Waals surface area contributed by atoms with Gasteiger partial charge < -0.3 is 14.8 Å². The lowest BCUT2D eigenvalue weighted by Gasteiger charge is -2.33. The molecular weight excluding hydrogens is 388 g/mol. The summed E-state index contributed by atoms with van der Waals surface area (Å²) < 4.78 is 11.3. The molecular formula is C26H34N2O3. The van der Waals surface area contributed by atoms with Crippen molar-refractivity contribution >= 4 is 5.91 Å². The maximum Gasteiger partial charge on any atom is 0.251 e. The van der Waals surface area contributed by atoms with Crippen molar-refractivity contribution in [3.8, 4) is 5.75 Å². The van der Waals surface area contributed by atoms with Crippen molar-refractivity contribution in [2.45, 2.75) is 64.3 Å². The van der Waals surface area contributed by atoms with Crippen LogP contribution < -0.4 is 10.1 Å². The number of nitrogens with one attached hydrogen (secondary N) is 1. The monoisotopic (exact) mass is 422 g/mol. The number of ether oxygens (including phenoxy) is 2. The zero-order valence-electron chi connectivity index (χ0n) is 18.5. The van der Waals surface area contributed by atoms with E-state index in [1.807, 2.05) is 24.3 Å². The van der Waals surface area contributed by atoms with Crippen LogP contribution in [0.25, 0.3) is 0 Å². The molecule has 1 amide bonds. The highest BCUT2D eigenvalue weighted by Gasteiger charge is 2.18. The average Bonchev–Trinajstić information content (AvgIpc) is 3.33. The van der Waals surface area contributed by atoms with Crippen LogP contribution in [-0.4, -0.2) is 42.7 Å². The fourth-order valence-corrected chi connectivity index (χ4v) is 4.34. The summed E-state index contributed by atoms with van der Waals surface area (Å²) in [6.45, 7) is 6.44. The lowest BCUT2D eigenvalue weighted by Crippen LogP contribution is -2.36. The summed E-state index contributed by atoms with van der Waals surface area (Å²) >= 11 is 0. The van der Waals surface area contributed by atoms with Gasteiger partial charge in [0.1, 0.15) is 12.4 Å². The summed E-state index contributed by atoms with van der Waals surface area (Å²) in [5.41, 5.74) is 3.09. The maximum absolute atomic E-state index is 12.5. The van der Waals surface area contributed by atoms with Gasteiger partial charge in [-0.1, -0.05) is 30.7 Å². The molecule has 4 rings (SSSR count). The Hall–Kier alpha value is -2.37. The van der Waals surface area contributed by atoms with Crippen LogP contribution in [0, 0.1) is 0 Å². The number of rotatable bonds is 8. The Kier molecular flexibility index (Phi) is 7.60. The molecule has 0 aromatic heterocycles. The first-order chi connectivity index (χ1) is 15.2. The third-order valence-corrected chi connectivity index (χ3v) is 6.38. The summed E-state index contributed by atoms with van der Waals surface area (Å²) in [7, 11) is 0. The number of carbonyl (C=O) groups is 1. The van der Waals surface area contributed by atoms with Crippen LogP contribution in [0.2, 0.25) is 0 Å². The van der Waals surface area contributed by atoms with E-state index in [2.05, 4.69) is 41.4 Å². The third-order valence-electron chi connectivity index (χ3n) is 6.38. The second kappa shape index (κ2) is 10.8. The average molecular weight is 423 g/mol. The molecule has 2 aliphatic rings. The van der Waals surface area contributed by atoms with Crippen molar-refractivity contribution in [1.82, 2.24) is 10.2 Å². The summed E-state index contributed by atoms with van der Waals surface area (Å²) in [5, 5.41) is 3.01. The van der Waals surface area contributed by atoms with Gasteiger partial charge >= 0.3 is 0 Å². The largest absolute Gasteiger partial charge is 0.491 e. The molecule has 166 valence electrons. The van der Waals surface area contributed by atoms with Crippen molar-refractivity contribution in [3.63, 3.8) is 0 Å². The SMILES string of the molecule is CC1CCCCN1Cc1ccc(CNC(=O)c2ccc(OCC3CCCO3)cc2)cc1.